The summed E-state index contributed by atoms with van der Waals surface area (Å²) in [5.74, 6) is 1.43. The smallest absolute Gasteiger partial charge is 0.228 e. The van der Waals surface area contributed by atoms with Gasteiger partial charge in [-0.25, -0.2) is 4.98 Å². The van der Waals surface area contributed by atoms with Crippen molar-refractivity contribution in [3.8, 4) is 5.88 Å². The van der Waals surface area contributed by atoms with Crippen molar-refractivity contribution in [3.63, 3.8) is 0 Å². The summed E-state index contributed by atoms with van der Waals surface area (Å²) in [4.78, 5) is 11.2. The summed E-state index contributed by atoms with van der Waals surface area (Å²) in [7, 11) is 0. The van der Waals surface area contributed by atoms with Crippen LogP contribution in [0.1, 0.15) is 40.0 Å². The van der Waals surface area contributed by atoms with Crippen molar-refractivity contribution in [3.05, 3.63) is 12.3 Å². The largest absolute Gasteiger partial charge is 0.478 e. The van der Waals surface area contributed by atoms with E-state index in [4.69, 9.17) is 4.74 Å². The van der Waals surface area contributed by atoms with Gasteiger partial charge in [0, 0.05) is 30.2 Å². The minimum atomic E-state index is 0.471. The number of hydrogen-bond acceptors (Lipinski definition) is 4. The van der Waals surface area contributed by atoms with E-state index in [1.807, 2.05) is 6.07 Å². The minimum Gasteiger partial charge on any atom is -0.478 e. The lowest BCUT2D eigenvalue weighted by Crippen LogP contribution is -2.37. The van der Waals surface area contributed by atoms with Gasteiger partial charge in [0.05, 0.1) is 6.61 Å². The fourth-order valence-corrected chi connectivity index (χ4v) is 2.41. The Labute approximate surface area is 124 Å². The predicted molar refractivity (Wildman–Crippen MR) is 83.3 cm³/mol. The van der Waals surface area contributed by atoms with E-state index in [-0.39, 0.29) is 0 Å². The minimum absolute atomic E-state index is 0.471. The second kappa shape index (κ2) is 9.13. The van der Waals surface area contributed by atoms with Crippen LogP contribution in [0.4, 0.5) is 5.95 Å². The van der Waals surface area contributed by atoms with E-state index in [2.05, 4.69) is 51.6 Å². The van der Waals surface area contributed by atoms with Crippen LogP contribution in [-0.4, -0.2) is 34.5 Å². The van der Waals surface area contributed by atoms with Crippen LogP contribution in [0.2, 0.25) is 0 Å². The lowest BCUT2D eigenvalue weighted by atomic mass is 10.1. The first-order valence-corrected chi connectivity index (χ1v) is 8.17. The average Bonchev–Trinajstić information content (AvgIpc) is 2.45. The highest BCUT2D eigenvalue weighted by molar-refractivity contribution is 9.09. The predicted octanol–water partition coefficient (Wildman–Crippen LogP) is 3.66. The molecule has 1 rings (SSSR count). The van der Waals surface area contributed by atoms with Gasteiger partial charge in [-0.3, -0.25) is 0 Å². The molecule has 0 radical (unpaired) electrons. The molecule has 19 heavy (non-hydrogen) atoms. The van der Waals surface area contributed by atoms with Crippen LogP contribution in [0.5, 0.6) is 5.88 Å². The van der Waals surface area contributed by atoms with E-state index in [0.29, 0.717) is 18.5 Å². The van der Waals surface area contributed by atoms with Crippen molar-refractivity contribution in [2.24, 2.45) is 0 Å². The first kappa shape index (κ1) is 16.2. The number of ether oxygens (including phenoxy) is 1. The zero-order valence-corrected chi connectivity index (χ0v) is 13.7. The second-order valence-corrected chi connectivity index (χ2v) is 5.19. The zero-order chi connectivity index (χ0) is 14.1. The molecule has 0 unspecified atom stereocenters. The van der Waals surface area contributed by atoms with Crippen LogP contribution in [-0.2, 0) is 0 Å². The molecule has 1 aromatic heterocycles. The fourth-order valence-electron chi connectivity index (χ4n) is 2.02. The van der Waals surface area contributed by atoms with Crippen molar-refractivity contribution in [1.29, 1.82) is 0 Å². The first-order valence-electron chi connectivity index (χ1n) is 7.05. The molecule has 0 atom stereocenters. The Hall–Kier alpha value is -0.840. The Morgan fingerprint density at radius 1 is 1.32 bits per heavy atom. The third kappa shape index (κ3) is 4.97. The van der Waals surface area contributed by atoms with Crippen molar-refractivity contribution in [1.82, 2.24) is 9.97 Å². The normalized spacial score (nSPS) is 10.8. The van der Waals surface area contributed by atoms with Gasteiger partial charge in [-0.05, 0) is 19.3 Å². The molecule has 0 aromatic carbocycles. The topological polar surface area (TPSA) is 38.2 Å². The highest BCUT2D eigenvalue weighted by Gasteiger charge is 2.18. The molecule has 0 aliphatic rings. The van der Waals surface area contributed by atoms with Crippen LogP contribution in [0.15, 0.2) is 12.3 Å². The summed E-state index contributed by atoms with van der Waals surface area (Å²) in [6.45, 7) is 8.09. The third-order valence-corrected chi connectivity index (χ3v) is 3.39. The van der Waals surface area contributed by atoms with Gasteiger partial charge in [0.25, 0.3) is 0 Å². The molecule has 0 N–H and O–H groups in total. The number of nitrogens with zero attached hydrogens (tertiary/aromatic N) is 3. The van der Waals surface area contributed by atoms with Gasteiger partial charge in [0.15, 0.2) is 0 Å². The molecule has 0 saturated carbocycles. The second-order valence-electron chi connectivity index (χ2n) is 4.40. The quantitative estimate of drug-likeness (QED) is 0.648. The highest BCUT2D eigenvalue weighted by atomic mass is 79.9. The Morgan fingerprint density at radius 3 is 2.63 bits per heavy atom. The monoisotopic (exact) mass is 329 g/mol. The molecular weight excluding hydrogens is 306 g/mol. The maximum atomic E-state index is 5.58. The van der Waals surface area contributed by atoms with Crippen LogP contribution in [0.25, 0.3) is 0 Å². The molecule has 1 heterocycles. The zero-order valence-electron chi connectivity index (χ0n) is 12.1. The van der Waals surface area contributed by atoms with Gasteiger partial charge >= 0.3 is 0 Å². The lowest BCUT2D eigenvalue weighted by Gasteiger charge is -2.30. The van der Waals surface area contributed by atoms with Gasteiger partial charge in [-0.1, -0.05) is 36.7 Å². The molecule has 0 fully saturated rings. The van der Waals surface area contributed by atoms with E-state index in [1.165, 1.54) is 0 Å². The molecule has 0 amide bonds. The lowest BCUT2D eigenvalue weighted by molar-refractivity contribution is 0.304. The van der Waals surface area contributed by atoms with Crippen LogP contribution in [0.3, 0.4) is 0 Å². The summed E-state index contributed by atoms with van der Waals surface area (Å²) in [6.07, 6.45) is 4.94. The summed E-state index contributed by atoms with van der Waals surface area (Å²) < 4.78 is 5.58. The van der Waals surface area contributed by atoms with Crippen LogP contribution >= 0.6 is 15.9 Å². The number of hydrogen-bond donors (Lipinski definition) is 0. The number of rotatable bonds is 9. The standard InChI is InChI=1S/C14H24BrN3O/c1-4-11-19-13-7-9-16-14(17-13)18(10-8-15)12(5-2)6-3/h7,9,12H,4-6,8,10-11H2,1-3H3. The molecule has 0 spiro atoms. The van der Waals surface area contributed by atoms with E-state index in [0.717, 1.165) is 37.1 Å². The van der Waals surface area contributed by atoms with Gasteiger partial charge < -0.3 is 9.64 Å². The van der Waals surface area contributed by atoms with Gasteiger partial charge in [0.1, 0.15) is 0 Å². The molecule has 4 nitrogen and oxygen atoms in total. The highest BCUT2D eigenvalue weighted by Crippen LogP contribution is 2.18. The molecule has 0 aliphatic heterocycles. The van der Waals surface area contributed by atoms with E-state index >= 15 is 0 Å². The van der Waals surface area contributed by atoms with E-state index < -0.39 is 0 Å². The third-order valence-electron chi connectivity index (χ3n) is 3.04. The van der Waals surface area contributed by atoms with Crippen molar-refractivity contribution in [2.75, 3.05) is 23.4 Å². The molecule has 108 valence electrons. The van der Waals surface area contributed by atoms with Gasteiger partial charge in [-0.2, -0.15) is 4.98 Å². The Bertz CT molecular complexity index is 358. The number of anilines is 1. The molecule has 0 aliphatic carbocycles. The van der Waals surface area contributed by atoms with Gasteiger partial charge in [0.2, 0.25) is 11.8 Å². The van der Waals surface area contributed by atoms with Crippen molar-refractivity contribution < 1.29 is 4.74 Å². The fraction of sp³-hybridized carbons (Fsp3) is 0.714. The Balaban J connectivity index is 2.88. The van der Waals surface area contributed by atoms with Gasteiger partial charge in [-0.15, -0.1) is 0 Å². The molecule has 0 bridgehead atoms. The molecule has 5 heteroatoms. The van der Waals surface area contributed by atoms with Crippen LogP contribution < -0.4 is 9.64 Å². The van der Waals surface area contributed by atoms with Crippen LogP contribution in [0, 0.1) is 0 Å². The number of halogens is 1. The maximum absolute atomic E-state index is 5.58. The Morgan fingerprint density at radius 2 is 2.05 bits per heavy atom. The summed E-state index contributed by atoms with van der Waals surface area (Å²) in [5.41, 5.74) is 0. The first-order chi connectivity index (χ1) is 9.26. The number of alkyl halides is 1. The summed E-state index contributed by atoms with van der Waals surface area (Å²) in [6, 6.07) is 2.29. The molecule has 0 saturated heterocycles. The Kier molecular flexibility index (Phi) is 7.79. The summed E-state index contributed by atoms with van der Waals surface area (Å²) >= 11 is 3.51. The van der Waals surface area contributed by atoms with E-state index in [1.54, 1.807) is 6.20 Å². The van der Waals surface area contributed by atoms with E-state index in [9.17, 15) is 0 Å². The van der Waals surface area contributed by atoms with Crippen molar-refractivity contribution >= 4 is 21.9 Å². The summed E-state index contributed by atoms with van der Waals surface area (Å²) in [5, 5.41) is 0.910. The SMILES string of the molecule is CCCOc1ccnc(N(CCBr)C(CC)CC)n1. The number of aromatic nitrogens is 2. The van der Waals surface area contributed by atoms with Crippen molar-refractivity contribution in [2.45, 2.75) is 46.1 Å². The molecule has 1 aromatic rings. The molecular formula is C14H24BrN3O. The maximum Gasteiger partial charge on any atom is 0.228 e. The average molecular weight is 330 g/mol.